The Hall–Kier alpha value is -2.20. The smallest absolute Gasteiger partial charge is 0.143 e. The van der Waals surface area contributed by atoms with Crippen molar-refractivity contribution in [2.75, 3.05) is 19.0 Å². The Labute approximate surface area is 114 Å². The van der Waals surface area contributed by atoms with Crippen LogP contribution in [-0.2, 0) is 0 Å². The molecule has 19 heavy (non-hydrogen) atoms. The highest BCUT2D eigenvalue weighted by atomic mass is 16.5. The second-order valence-electron chi connectivity index (χ2n) is 5.17. The summed E-state index contributed by atoms with van der Waals surface area (Å²) in [5.41, 5.74) is 1.27. The molecule has 0 amide bonds. The first kappa shape index (κ1) is 14.9. The number of nitrogens with one attached hydrogen (secondary N) is 1. The van der Waals surface area contributed by atoms with E-state index in [0.29, 0.717) is 24.3 Å². The second-order valence-corrected chi connectivity index (χ2v) is 5.17. The van der Waals surface area contributed by atoms with Crippen LogP contribution in [0.5, 0.6) is 5.75 Å². The summed E-state index contributed by atoms with van der Waals surface area (Å²) >= 11 is 0. The van der Waals surface area contributed by atoms with E-state index in [1.165, 1.54) is 0 Å². The van der Waals surface area contributed by atoms with Crippen LogP contribution in [0.3, 0.4) is 0 Å². The molecule has 0 saturated heterocycles. The summed E-state index contributed by atoms with van der Waals surface area (Å²) in [5, 5.41) is 21.0. The monoisotopic (exact) mass is 257 g/mol. The molecule has 0 aliphatic carbocycles. The van der Waals surface area contributed by atoms with Crippen LogP contribution in [0.4, 0.5) is 5.69 Å². The molecule has 0 aliphatic heterocycles. The van der Waals surface area contributed by atoms with Gasteiger partial charge in [0.05, 0.1) is 24.4 Å². The number of hydrogen-bond donors (Lipinski definition) is 1. The van der Waals surface area contributed by atoms with E-state index >= 15 is 0 Å². The fourth-order valence-corrected chi connectivity index (χ4v) is 1.79. The van der Waals surface area contributed by atoms with Gasteiger partial charge in [-0.25, -0.2) is 0 Å². The minimum absolute atomic E-state index is 0.0106. The van der Waals surface area contributed by atoms with Crippen molar-refractivity contribution in [3.8, 4) is 17.9 Å². The summed E-state index contributed by atoms with van der Waals surface area (Å²) in [4.78, 5) is 0. The van der Waals surface area contributed by atoms with Crippen molar-refractivity contribution in [3.63, 3.8) is 0 Å². The van der Waals surface area contributed by atoms with Crippen LogP contribution < -0.4 is 10.1 Å². The Morgan fingerprint density at radius 2 is 2.05 bits per heavy atom. The second kappa shape index (κ2) is 6.66. The number of benzene rings is 1. The zero-order valence-corrected chi connectivity index (χ0v) is 11.7. The summed E-state index contributed by atoms with van der Waals surface area (Å²) in [7, 11) is 1.59. The predicted octanol–water partition coefficient (Wildman–Crippen LogP) is 3.31. The number of methoxy groups -OCH3 is 1. The third kappa shape index (κ3) is 4.19. The van der Waals surface area contributed by atoms with E-state index in [-0.39, 0.29) is 5.41 Å². The van der Waals surface area contributed by atoms with E-state index in [1.807, 2.05) is 6.07 Å². The van der Waals surface area contributed by atoms with Crippen molar-refractivity contribution in [1.82, 2.24) is 0 Å². The highest BCUT2D eigenvalue weighted by Crippen LogP contribution is 2.30. The molecular weight excluding hydrogens is 238 g/mol. The van der Waals surface area contributed by atoms with E-state index in [2.05, 4.69) is 31.3 Å². The number of ether oxygens (including phenoxy) is 1. The fourth-order valence-electron chi connectivity index (χ4n) is 1.79. The summed E-state index contributed by atoms with van der Waals surface area (Å²) in [6.07, 6.45) is 1.35. The topological polar surface area (TPSA) is 68.8 Å². The third-order valence-corrected chi connectivity index (χ3v) is 3.02. The van der Waals surface area contributed by atoms with Crippen molar-refractivity contribution >= 4 is 5.69 Å². The lowest BCUT2D eigenvalue weighted by atomic mass is 9.88. The highest BCUT2D eigenvalue weighted by Gasteiger charge is 2.19. The Kier molecular flexibility index (Phi) is 5.21. The van der Waals surface area contributed by atoms with Gasteiger partial charge in [0.25, 0.3) is 0 Å². The van der Waals surface area contributed by atoms with E-state index in [4.69, 9.17) is 15.3 Å². The molecule has 1 aromatic rings. The van der Waals surface area contributed by atoms with Crippen LogP contribution >= 0.6 is 0 Å². The molecule has 0 saturated carbocycles. The number of anilines is 1. The van der Waals surface area contributed by atoms with Gasteiger partial charge >= 0.3 is 0 Å². The molecule has 0 unspecified atom stereocenters. The van der Waals surface area contributed by atoms with Crippen LogP contribution in [0.2, 0.25) is 0 Å². The van der Waals surface area contributed by atoms with E-state index < -0.39 is 0 Å². The van der Waals surface area contributed by atoms with Crippen molar-refractivity contribution in [2.24, 2.45) is 5.41 Å². The van der Waals surface area contributed by atoms with Crippen LogP contribution in [0.25, 0.3) is 0 Å². The zero-order chi connectivity index (χ0) is 14.3. The zero-order valence-electron chi connectivity index (χ0n) is 11.7. The molecule has 0 radical (unpaired) electrons. The first-order chi connectivity index (χ1) is 9.04. The molecule has 0 aromatic heterocycles. The van der Waals surface area contributed by atoms with Crippen molar-refractivity contribution < 1.29 is 4.74 Å². The lowest BCUT2D eigenvalue weighted by Crippen LogP contribution is -2.23. The molecule has 1 rings (SSSR count). The lowest BCUT2D eigenvalue weighted by Gasteiger charge is -2.25. The Morgan fingerprint density at radius 1 is 1.32 bits per heavy atom. The quantitative estimate of drug-likeness (QED) is 0.848. The summed E-state index contributed by atoms with van der Waals surface area (Å²) in [5.74, 6) is 0.662. The molecule has 0 fully saturated rings. The number of nitrogens with zero attached hydrogens (tertiary/aromatic N) is 2. The third-order valence-electron chi connectivity index (χ3n) is 3.02. The van der Waals surface area contributed by atoms with Gasteiger partial charge < -0.3 is 10.1 Å². The number of para-hydroxylation sites is 1. The number of nitriles is 2. The predicted molar refractivity (Wildman–Crippen MR) is 74.8 cm³/mol. The lowest BCUT2D eigenvalue weighted by molar-refractivity contribution is 0.362. The Balaban J connectivity index is 2.83. The van der Waals surface area contributed by atoms with E-state index in [9.17, 15) is 0 Å². The molecule has 4 nitrogen and oxygen atoms in total. The molecule has 0 aliphatic rings. The SMILES string of the molecule is COc1cccc(C#N)c1NCC(C)(C)CCC#N. The molecule has 1 N–H and O–H groups in total. The molecule has 0 bridgehead atoms. The first-order valence-electron chi connectivity index (χ1n) is 6.22. The molecule has 4 heteroatoms. The maximum atomic E-state index is 9.12. The fraction of sp³-hybridized carbons (Fsp3) is 0.467. The van der Waals surface area contributed by atoms with Crippen LogP contribution in [-0.4, -0.2) is 13.7 Å². The highest BCUT2D eigenvalue weighted by molar-refractivity contribution is 5.66. The minimum atomic E-state index is -0.0106. The number of rotatable bonds is 6. The molecule has 0 spiro atoms. The maximum Gasteiger partial charge on any atom is 0.143 e. The van der Waals surface area contributed by atoms with Crippen molar-refractivity contribution in [2.45, 2.75) is 26.7 Å². The Bertz CT molecular complexity index is 509. The molecule has 100 valence electrons. The average molecular weight is 257 g/mol. The summed E-state index contributed by atoms with van der Waals surface area (Å²) in [6, 6.07) is 9.69. The van der Waals surface area contributed by atoms with Gasteiger partial charge in [-0.1, -0.05) is 19.9 Å². The molecule has 1 aromatic carbocycles. The van der Waals surface area contributed by atoms with Crippen LogP contribution in [0, 0.1) is 28.1 Å². The summed E-state index contributed by atoms with van der Waals surface area (Å²) < 4.78 is 5.27. The largest absolute Gasteiger partial charge is 0.495 e. The van der Waals surface area contributed by atoms with E-state index in [0.717, 1.165) is 12.1 Å². The molecule has 0 heterocycles. The number of hydrogen-bond acceptors (Lipinski definition) is 4. The van der Waals surface area contributed by atoms with E-state index in [1.54, 1.807) is 19.2 Å². The van der Waals surface area contributed by atoms with Gasteiger partial charge in [0.1, 0.15) is 11.8 Å². The maximum absolute atomic E-state index is 9.12. The molecule has 0 atom stereocenters. The molecular formula is C15H19N3O. The van der Waals surface area contributed by atoms with Gasteiger partial charge in [0.15, 0.2) is 0 Å². The van der Waals surface area contributed by atoms with Gasteiger partial charge in [-0.05, 0) is 24.0 Å². The normalized spacial score (nSPS) is 10.4. The van der Waals surface area contributed by atoms with Gasteiger partial charge in [0, 0.05) is 13.0 Å². The van der Waals surface area contributed by atoms with Gasteiger partial charge in [-0.15, -0.1) is 0 Å². The Morgan fingerprint density at radius 3 is 2.63 bits per heavy atom. The van der Waals surface area contributed by atoms with Crippen molar-refractivity contribution in [1.29, 1.82) is 10.5 Å². The summed E-state index contributed by atoms with van der Waals surface area (Å²) in [6.45, 7) is 4.88. The minimum Gasteiger partial charge on any atom is -0.495 e. The van der Waals surface area contributed by atoms with Gasteiger partial charge in [0.2, 0.25) is 0 Å². The standard InChI is InChI=1S/C15H19N3O/c1-15(2,8-5-9-16)11-18-14-12(10-17)6-4-7-13(14)19-3/h4,6-7,18H,5,8,11H2,1-3H3. The average Bonchev–Trinajstić information content (AvgIpc) is 2.42. The van der Waals surface area contributed by atoms with Gasteiger partial charge in [-0.3, -0.25) is 0 Å². The first-order valence-corrected chi connectivity index (χ1v) is 6.22. The van der Waals surface area contributed by atoms with Gasteiger partial charge in [-0.2, -0.15) is 10.5 Å². The van der Waals surface area contributed by atoms with Crippen molar-refractivity contribution in [3.05, 3.63) is 23.8 Å². The van der Waals surface area contributed by atoms with Crippen LogP contribution in [0.1, 0.15) is 32.3 Å². The van der Waals surface area contributed by atoms with Crippen LogP contribution in [0.15, 0.2) is 18.2 Å².